The smallest absolute Gasteiger partial charge is 0.394 e. The van der Waals surface area contributed by atoms with Gasteiger partial charge in [-0.3, -0.25) is 4.79 Å². The average molecular weight is 210 g/mol. The highest BCUT2D eigenvalue weighted by atomic mass is 19.4. The maximum absolute atomic E-state index is 12.0. The maximum atomic E-state index is 12.0. The summed E-state index contributed by atoms with van der Waals surface area (Å²) in [4.78, 5) is 10.7. The zero-order chi connectivity index (χ0) is 11.2. The molecule has 1 unspecified atom stereocenters. The van der Waals surface area contributed by atoms with Crippen molar-refractivity contribution in [1.82, 2.24) is 0 Å². The Bertz CT molecular complexity index is 209. The molecule has 0 bridgehead atoms. The SMILES string of the molecule is CCOC(=O)C/C=C/C(C)C(F)(F)F. The van der Waals surface area contributed by atoms with Crippen LogP contribution in [0.15, 0.2) is 12.2 Å². The molecule has 0 N–H and O–H groups in total. The molecule has 0 aromatic carbocycles. The second-order valence-corrected chi connectivity index (χ2v) is 2.77. The number of hydrogen-bond donors (Lipinski definition) is 0. The van der Waals surface area contributed by atoms with Gasteiger partial charge in [-0.05, 0) is 6.92 Å². The van der Waals surface area contributed by atoms with Crippen molar-refractivity contribution in [2.45, 2.75) is 26.4 Å². The molecule has 2 nitrogen and oxygen atoms in total. The molecule has 1 atom stereocenters. The van der Waals surface area contributed by atoms with Gasteiger partial charge in [0.25, 0.3) is 0 Å². The van der Waals surface area contributed by atoms with Crippen LogP contribution in [-0.2, 0) is 9.53 Å². The first kappa shape index (κ1) is 13.0. The van der Waals surface area contributed by atoms with Crippen LogP contribution in [0, 0.1) is 5.92 Å². The summed E-state index contributed by atoms with van der Waals surface area (Å²) in [5.74, 6) is -2.05. The second kappa shape index (κ2) is 5.67. The summed E-state index contributed by atoms with van der Waals surface area (Å²) in [5.41, 5.74) is 0. The van der Waals surface area contributed by atoms with E-state index in [0.29, 0.717) is 0 Å². The lowest BCUT2D eigenvalue weighted by molar-refractivity contribution is -0.156. The van der Waals surface area contributed by atoms with Crippen molar-refractivity contribution in [3.63, 3.8) is 0 Å². The first-order valence-electron chi connectivity index (χ1n) is 4.27. The quantitative estimate of drug-likeness (QED) is 0.526. The van der Waals surface area contributed by atoms with Crippen molar-refractivity contribution in [1.29, 1.82) is 0 Å². The molecule has 0 aliphatic heterocycles. The van der Waals surface area contributed by atoms with Crippen LogP contribution in [0.25, 0.3) is 0 Å². The Balaban J connectivity index is 3.89. The largest absolute Gasteiger partial charge is 0.466 e. The number of rotatable bonds is 4. The maximum Gasteiger partial charge on any atom is 0.394 e. The fourth-order valence-electron chi connectivity index (χ4n) is 0.697. The number of carbonyl (C=O) groups excluding carboxylic acids is 1. The van der Waals surface area contributed by atoms with Gasteiger partial charge in [0.2, 0.25) is 0 Å². The second-order valence-electron chi connectivity index (χ2n) is 2.77. The average Bonchev–Trinajstić information content (AvgIpc) is 2.02. The topological polar surface area (TPSA) is 26.3 Å². The summed E-state index contributed by atoms with van der Waals surface area (Å²) in [6.45, 7) is 2.91. The van der Waals surface area contributed by atoms with Crippen molar-refractivity contribution in [2.24, 2.45) is 5.92 Å². The predicted octanol–water partition coefficient (Wildman–Crippen LogP) is 2.69. The summed E-state index contributed by atoms with van der Waals surface area (Å²) < 4.78 is 40.4. The van der Waals surface area contributed by atoms with Gasteiger partial charge in [0.1, 0.15) is 0 Å². The minimum Gasteiger partial charge on any atom is -0.466 e. The van der Waals surface area contributed by atoms with Gasteiger partial charge in [-0.25, -0.2) is 0 Å². The van der Waals surface area contributed by atoms with E-state index < -0.39 is 18.1 Å². The van der Waals surface area contributed by atoms with Gasteiger partial charge < -0.3 is 4.74 Å². The minimum atomic E-state index is -4.24. The number of allylic oxidation sites excluding steroid dienone is 1. The first-order valence-corrected chi connectivity index (χ1v) is 4.27. The molecular weight excluding hydrogens is 197 g/mol. The van der Waals surface area contributed by atoms with E-state index >= 15 is 0 Å². The van der Waals surface area contributed by atoms with Crippen LogP contribution in [0.5, 0.6) is 0 Å². The summed E-state index contributed by atoms with van der Waals surface area (Å²) in [5, 5.41) is 0. The Morgan fingerprint density at radius 1 is 1.50 bits per heavy atom. The third kappa shape index (κ3) is 5.61. The molecule has 82 valence electrons. The molecule has 0 aliphatic rings. The molecule has 14 heavy (non-hydrogen) atoms. The van der Waals surface area contributed by atoms with Crippen LogP contribution in [0.3, 0.4) is 0 Å². The molecule has 0 heterocycles. The van der Waals surface area contributed by atoms with E-state index in [1.54, 1.807) is 6.92 Å². The Hall–Kier alpha value is -1.00. The molecule has 0 saturated carbocycles. The summed E-state index contributed by atoms with van der Waals surface area (Å²) in [6, 6.07) is 0. The summed E-state index contributed by atoms with van der Waals surface area (Å²) in [6.07, 6.45) is -2.23. The number of halogens is 3. The Kier molecular flexibility index (Phi) is 5.27. The van der Waals surface area contributed by atoms with Crippen molar-refractivity contribution in [3.05, 3.63) is 12.2 Å². The molecule has 0 amide bonds. The first-order chi connectivity index (χ1) is 6.38. The number of alkyl halides is 3. The van der Waals surface area contributed by atoms with Crippen molar-refractivity contribution in [2.75, 3.05) is 6.61 Å². The van der Waals surface area contributed by atoms with E-state index in [4.69, 9.17) is 0 Å². The van der Waals surface area contributed by atoms with Crippen molar-refractivity contribution < 1.29 is 22.7 Å². The molecule has 0 fully saturated rings. The van der Waals surface area contributed by atoms with Gasteiger partial charge >= 0.3 is 12.1 Å². The molecule has 0 radical (unpaired) electrons. The van der Waals surface area contributed by atoms with E-state index in [1.807, 2.05) is 0 Å². The monoisotopic (exact) mass is 210 g/mol. The zero-order valence-corrected chi connectivity index (χ0v) is 8.10. The van der Waals surface area contributed by atoms with Gasteiger partial charge in [-0.2, -0.15) is 13.2 Å². The highest BCUT2D eigenvalue weighted by molar-refractivity contribution is 5.71. The number of hydrogen-bond acceptors (Lipinski definition) is 2. The lowest BCUT2D eigenvalue weighted by atomic mass is 10.1. The predicted molar refractivity (Wildman–Crippen MR) is 45.6 cm³/mol. The van der Waals surface area contributed by atoms with Crippen LogP contribution >= 0.6 is 0 Å². The molecule has 0 aromatic rings. The molecule has 5 heteroatoms. The van der Waals surface area contributed by atoms with E-state index in [1.165, 1.54) is 6.08 Å². The van der Waals surface area contributed by atoms with Crippen LogP contribution < -0.4 is 0 Å². The normalized spacial score (nSPS) is 14.4. The lowest BCUT2D eigenvalue weighted by Gasteiger charge is -2.10. The van der Waals surface area contributed by atoms with Gasteiger partial charge in [0.15, 0.2) is 0 Å². The van der Waals surface area contributed by atoms with Crippen molar-refractivity contribution >= 4 is 5.97 Å². The summed E-state index contributed by atoms with van der Waals surface area (Å²) >= 11 is 0. The van der Waals surface area contributed by atoms with E-state index in [0.717, 1.165) is 13.0 Å². The van der Waals surface area contributed by atoms with Gasteiger partial charge in [-0.1, -0.05) is 19.1 Å². The Morgan fingerprint density at radius 3 is 2.50 bits per heavy atom. The summed E-state index contributed by atoms with van der Waals surface area (Å²) in [7, 11) is 0. The Labute approximate surface area is 80.7 Å². The van der Waals surface area contributed by atoms with Gasteiger partial charge in [-0.15, -0.1) is 0 Å². The van der Waals surface area contributed by atoms with Crippen LogP contribution in [0.4, 0.5) is 13.2 Å². The minimum absolute atomic E-state index is 0.117. The third-order valence-corrected chi connectivity index (χ3v) is 1.53. The Morgan fingerprint density at radius 2 is 2.07 bits per heavy atom. The molecule has 0 saturated heterocycles. The van der Waals surface area contributed by atoms with E-state index in [-0.39, 0.29) is 13.0 Å². The fraction of sp³-hybridized carbons (Fsp3) is 0.667. The fourth-order valence-corrected chi connectivity index (χ4v) is 0.697. The highest BCUT2D eigenvalue weighted by Crippen LogP contribution is 2.26. The van der Waals surface area contributed by atoms with E-state index in [2.05, 4.69) is 4.74 Å². The lowest BCUT2D eigenvalue weighted by Crippen LogP contribution is -2.17. The number of ether oxygens (including phenoxy) is 1. The van der Waals surface area contributed by atoms with Crippen molar-refractivity contribution in [3.8, 4) is 0 Å². The van der Waals surface area contributed by atoms with Gasteiger partial charge in [0, 0.05) is 0 Å². The number of esters is 1. The zero-order valence-electron chi connectivity index (χ0n) is 8.10. The molecule has 0 aromatic heterocycles. The van der Waals surface area contributed by atoms with E-state index in [9.17, 15) is 18.0 Å². The van der Waals surface area contributed by atoms with Gasteiger partial charge in [0.05, 0.1) is 18.9 Å². The van der Waals surface area contributed by atoms with Crippen LogP contribution in [0.1, 0.15) is 20.3 Å². The molecule has 0 rings (SSSR count). The third-order valence-electron chi connectivity index (χ3n) is 1.53. The standard InChI is InChI=1S/C9H13F3O2/c1-3-14-8(13)6-4-5-7(2)9(10,11)12/h4-5,7H,3,6H2,1-2H3/b5-4+. The van der Waals surface area contributed by atoms with Crippen LogP contribution in [-0.4, -0.2) is 18.8 Å². The van der Waals surface area contributed by atoms with Crippen LogP contribution in [0.2, 0.25) is 0 Å². The number of carbonyl (C=O) groups is 1. The molecule has 0 spiro atoms. The molecule has 0 aliphatic carbocycles. The highest BCUT2D eigenvalue weighted by Gasteiger charge is 2.33. The molecular formula is C9H13F3O2.